The molecule has 110 valence electrons. The minimum absolute atomic E-state index is 0.0218. The standard InChI is InChI=1S/C16H23NO3/c1-11-6-5-7-15(8-11)20-14(4)16(18)17-9-12(2)19-13(3)10-17/h5-8,12-14H,9-10H2,1-4H3/t12-,13+,14-/m0/s1. The van der Waals surface area contributed by atoms with Crippen molar-refractivity contribution >= 4 is 5.91 Å². The lowest BCUT2D eigenvalue weighted by molar-refractivity contribution is -0.149. The maximum absolute atomic E-state index is 12.4. The minimum atomic E-state index is -0.478. The second-order valence-electron chi connectivity index (χ2n) is 5.58. The van der Waals surface area contributed by atoms with Gasteiger partial charge in [0.2, 0.25) is 0 Å². The highest BCUT2D eigenvalue weighted by atomic mass is 16.5. The summed E-state index contributed by atoms with van der Waals surface area (Å²) < 4.78 is 11.4. The summed E-state index contributed by atoms with van der Waals surface area (Å²) in [5.74, 6) is 0.758. The molecular weight excluding hydrogens is 254 g/mol. The van der Waals surface area contributed by atoms with E-state index in [1.165, 1.54) is 0 Å². The topological polar surface area (TPSA) is 38.8 Å². The Morgan fingerprint density at radius 3 is 2.60 bits per heavy atom. The van der Waals surface area contributed by atoms with Crippen molar-refractivity contribution in [1.82, 2.24) is 4.90 Å². The molecule has 0 bridgehead atoms. The lowest BCUT2D eigenvalue weighted by Gasteiger charge is -2.36. The smallest absolute Gasteiger partial charge is 0.263 e. The predicted octanol–water partition coefficient (Wildman–Crippen LogP) is 2.40. The van der Waals surface area contributed by atoms with Gasteiger partial charge < -0.3 is 14.4 Å². The van der Waals surface area contributed by atoms with Crippen molar-refractivity contribution in [2.45, 2.75) is 46.0 Å². The molecule has 1 saturated heterocycles. The molecule has 4 nitrogen and oxygen atoms in total. The monoisotopic (exact) mass is 277 g/mol. The molecule has 1 amide bonds. The van der Waals surface area contributed by atoms with Crippen LogP contribution in [0.15, 0.2) is 24.3 Å². The molecule has 0 saturated carbocycles. The number of rotatable bonds is 3. The van der Waals surface area contributed by atoms with Gasteiger partial charge in [-0.1, -0.05) is 12.1 Å². The summed E-state index contributed by atoms with van der Waals surface area (Å²) in [5.41, 5.74) is 1.12. The van der Waals surface area contributed by atoms with Crippen LogP contribution in [0.1, 0.15) is 26.3 Å². The number of aryl methyl sites for hydroxylation is 1. The number of hydrogen-bond acceptors (Lipinski definition) is 3. The first kappa shape index (κ1) is 14.9. The van der Waals surface area contributed by atoms with E-state index in [1.807, 2.05) is 49.9 Å². The highest BCUT2D eigenvalue weighted by Crippen LogP contribution is 2.17. The van der Waals surface area contributed by atoms with Gasteiger partial charge in [-0.3, -0.25) is 4.79 Å². The SMILES string of the molecule is Cc1cccc(O[C@@H](C)C(=O)N2C[C@@H](C)O[C@@H](C)C2)c1. The second-order valence-corrected chi connectivity index (χ2v) is 5.58. The van der Waals surface area contributed by atoms with Crippen LogP contribution in [0.4, 0.5) is 0 Å². The molecule has 1 heterocycles. The highest BCUT2D eigenvalue weighted by Gasteiger charge is 2.29. The van der Waals surface area contributed by atoms with Crippen LogP contribution in [0.5, 0.6) is 5.75 Å². The summed E-state index contributed by atoms with van der Waals surface area (Å²) in [4.78, 5) is 14.3. The fourth-order valence-electron chi connectivity index (χ4n) is 2.56. The first-order chi connectivity index (χ1) is 9.45. The van der Waals surface area contributed by atoms with Gasteiger partial charge in [0.15, 0.2) is 6.10 Å². The number of benzene rings is 1. The molecule has 0 radical (unpaired) electrons. The number of amides is 1. The number of ether oxygens (including phenoxy) is 2. The fraction of sp³-hybridized carbons (Fsp3) is 0.562. The van der Waals surface area contributed by atoms with Gasteiger partial charge in [0.1, 0.15) is 5.75 Å². The molecule has 1 aromatic rings. The summed E-state index contributed by atoms with van der Waals surface area (Å²) in [6.07, 6.45) is -0.322. The maximum atomic E-state index is 12.4. The number of hydrogen-bond donors (Lipinski definition) is 0. The molecular formula is C16H23NO3. The summed E-state index contributed by atoms with van der Waals surface area (Å²) in [6, 6.07) is 7.75. The van der Waals surface area contributed by atoms with Crippen LogP contribution < -0.4 is 4.74 Å². The van der Waals surface area contributed by atoms with Gasteiger partial charge >= 0.3 is 0 Å². The van der Waals surface area contributed by atoms with Gasteiger partial charge in [0.05, 0.1) is 12.2 Å². The first-order valence-electron chi connectivity index (χ1n) is 7.13. The Labute approximate surface area is 120 Å². The van der Waals surface area contributed by atoms with Gasteiger partial charge in [-0.25, -0.2) is 0 Å². The van der Waals surface area contributed by atoms with Crippen LogP contribution in [0.3, 0.4) is 0 Å². The minimum Gasteiger partial charge on any atom is -0.481 e. The average Bonchev–Trinajstić information content (AvgIpc) is 2.36. The Bertz CT molecular complexity index is 465. The zero-order chi connectivity index (χ0) is 14.7. The molecule has 1 aromatic carbocycles. The number of nitrogens with zero attached hydrogens (tertiary/aromatic N) is 1. The number of morpholine rings is 1. The van der Waals surface area contributed by atoms with E-state index in [0.29, 0.717) is 13.1 Å². The quantitative estimate of drug-likeness (QED) is 0.851. The molecule has 20 heavy (non-hydrogen) atoms. The first-order valence-corrected chi connectivity index (χ1v) is 7.13. The Balaban J connectivity index is 1.98. The third-order valence-electron chi connectivity index (χ3n) is 3.38. The summed E-state index contributed by atoms with van der Waals surface area (Å²) in [5, 5.41) is 0. The Morgan fingerprint density at radius 2 is 2.00 bits per heavy atom. The molecule has 0 aromatic heterocycles. The van der Waals surface area contributed by atoms with Crippen molar-refractivity contribution in [3.63, 3.8) is 0 Å². The van der Waals surface area contributed by atoms with E-state index in [1.54, 1.807) is 6.92 Å². The van der Waals surface area contributed by atoms with Crippen LogP contribution in [0, 0.1) is 6.92 Å². The summed E-state index contributed by atoms with van der Waals surface area (Å²) >= 11 is 0. The fourth-order valence-corrected chi connectivity index (χ4v) is 2.56. The predicted molar refractivity (Wildman–Crippen MR) is 77.9 cm³/mol. The largest absolute Gasteiger partial charge is 0.481 e. The van der Waals surface area contributed by atoms with Gasteiger partial charge in [0, 0.05) is 13.1 Å². The van der Waals surface area contributed by atoms with Crippen molar-refractivity contribution in [3.05, 3.63) is 29.8 Å². The Morgan fingerprint density at radius 1 is 1.35 bits per heavy atom. The molecule has 0 N–H and O–H groups in total. The maximum Gasteiger partial charge on any atom is 0.263 e. The van der Waals surface area contributed by atoms with E-state index in [0.717, 1.165) is 11.3 Å². The van der Waals surface area contributed by atoms with Crippen molar-refractivity contribution in [2.75, 3.05) is 13.1 Å². The lowest BCUT2D eigenvalue weighted by Crippen LogP contribution is -2.51. The molecule has 1 aliphatic heterocycles. The Hall–Kier alpha value is -1.55. The van der Waals surface area contributed by atoms with E-state index in [4.69, 9.17) is 9.47 Å². The van der Waals surface area contributed by atoms with E-state index in [-0.39, 0.29) is 18.1 Å². The van der Waals surface area contributed by atoms with Gasteiger partial charge in [0.25, 0.3) is 5.91 Å². The van der Waals surface area contributed by atoms with Crippen molar-refractivity contribution in [2.24, 2.45) is 0 Å². The van der Waals surface area contributed by atoms with E-state index < -0.39 is 6.10 Å². The lowest BCUT2D eigenvalue weighted by atomic mass is 10.2. The van der Waals surface area contributed by atoms with Gasteiger partial charge in [-0.15, -0.1) is 0 Å². The molecule has 4 heteroatoms. The molecule has 1 fully saturated rings. The highest BCUT2D eigenvalue weighted by molar-refractivity contribution is 5.81. The van der Waals surface area contributed by atoms with E-state index in [9.17, 15) is 4.79 Å². The number of carbonyl (C=O) groups is 1. The van der Waals surface area contributed by atoms with Crippen molar-refractivity contribution in [1.29, 1.82) is 0 Å². The van der Waals surface area contributed by atoms with Gasteiger partial charge in [-0.2, -0.15) is 0 Å². The van der Waals surface area contributed by atoms with Crippen LogP contribution in [0.2, 0.25) is 0 Å². The average molecular weight is 277 g/mol. The van der Waals surface area contributed by atoms with Crippen molar-refractivity contribution < 1.29 is 14.3 Å². The molecule has 0 aliphatic carbocycles. The second kappa shape index (κ2) is 6.27. The molecule has 0 spiro atoms. The third-order valence-corrected chi connectivity index (χ3v) is 3.38. The summed E-state index contributed by atoms with van der Waals surface area (Å²) in [7, 11) is 0. The third kappa shape index (κ3) is 3.73. The van der Waals surface area contributed by atoms with Crippen molar-refractivity contribution in [3.8, 4) is 5.75 Å². The van der Waals surface area contributed by atoms with Crippen LogP contribution in [-0.4, -0.2) is 42.2 Å². The van der Waals surface area contributed by atoms with Crippen LogP contribution in [-0.2, 0) is 9.53 Å². The van der Waals surface area contributed by atoms with Crippen LogP contribution >= 0.6 is 0 Å². The van der Waals surface area contributed by atoms with E-state index in [2.05, 4.69) is 0 Å². The summed E-state index contributed by atoms with van der Waals surface area (Å²) in [6.45, 7) is 9.04. The molecule has 1 aliphatic rings. The zero-order valence-electron chi connectivity index (χ0n) is 12.6. The Kier molecular flexibility index (Phi) is 4.65. The van der Waals surface area contributed by atoms with Gasteiger partial charge in [-0.05, 0) is 45.4 Å². The van der Waals surface area contributed by atoms with E-state index >= 15 is 0 Å². The van der Waals surface area contributed by atoms with Crippen LogP contribution in [0.25, 0.3) is 0 Å². The zero-order valence-corrected chi connectivity index (χ0v) is 12.6. The molecule has 0 unspecified atom stereocenters. The number of carbonyl (C=O) groups excluding carboxylic acids is 1. The molecule has 2 rings (SSSR count). The molecule has 3 atom stereocenters. The normalized spacial score (nSPS) is 24.3.